The minimum atomic E-state index is -1.67. The van der Waals surface area contributed by atoms with Crippen LogP contribution in [0.4, 0.5) is 0 Å². The van der Waals surface area contributed by atoms with Gasteiger partial charge in [-0.2, -0.15) is 0 Å². The highest BCUT2D eigenvalue weighted by atomic mass is 28.4. The fourth-order valence-corrected chi connectivity index (χ4v) is 1.12. The van der Waals surface area contributed by atoms with E-state index in [-0.39, 0.29) is 0 Å². The molecular formula is C5H14O2Si. The molecular weight excluding hydrogens is 120 g/mol. The highest BCUT2D eigenvalue weighted by Crippen LogP contribution is 2.08. The molecule has 0 fully saturated rings. The van der Waals surface area contributed by atoms with Gasteiger partial charge in [0.25, 0.3) is 0 Å². The monoisotopic (exact) mass is 134 g/mol. The molecule has 0 saturated carbocycles. The van der Waals surface area contributed by atoms with Crippen molar-refractivity contribution >= 4 is 8.56 Å². The van der Waals surface area contributed by atoms with Crippen molar-refractivity contribution < 1.29 is 8.85 Å². The first-order valence-corrected chi connectivity index (χ1v) is 5.31. The molecule has 0 amide bonds. The maximum absolute atomic E-state index is 5.15. The Morgan fingerprint density at radius 3 is 1.62 bits per heavy atom. The van der Waals surface area contributed by atoms with E-state index in [2.05, 4.69) is 6.92 Å². The maximum Gasteiger partial charge on any atom is 0.334 e. The Hall–Kier alpha value is 0.137. The average molecular weight is 134 g/mol. The standard InChI is InChI=1S/C5H14O2Si/c1-5-8(4,6-2)7-3/h5H2,1-4H3. The first-order valence-electron chi connectivity index (χ1n) is 2.79. The van der Waals surface area contributed by atoms with Gasteiger partial charge in [-0.3, -0.25) is 0 Å². The summed E-state index contributed by atoms with van der Waals surface area (Å²) in [4.78, 5) is 0. The van der Waals surface area contributed by atoms with Crippen molar-refractivity contribution in [3.63, 3.8) is 0 Å². The van der Waals surface area contributed by atoms with Crippen molar-refractivity contribution in [2.24, 2.45) is 0 Å². The van der Waals surface area contributed by atoms with Gasteiger partial charge in [0.1, 0.15) is 0 Å². The summed E-state index contributed by atoms with van der Waals surface area (Å²) < 4.78 is 10.3. The molecule has 0 aliphatic heterocycles. The minimum absolute atomic E-state index is 1.01. The second-order valence-electron chi connectivity index (χ2n) is 1.90. The van der Waals surface area contributed by atoms with Crippen molar-refractivity contribution in [2.75, 3.05) is 14.2 Å². The van der Waals surface area contributed by atoms with Gasteiger partial charge in [-0.15, -0.1) is 0 Å². The Morgan fingerprint density at radius 2 is 1.62 bits per heavy atom. The van der Waals surface area contributed by atoms with E-state index in [0.717, 1.165) is 6.04 Å². The lowest BCUT2D eigenvalue weighted by Crippen LogP contribution is -2.34. The van der Waals surface area contributed by atoms with E-state index in [1.165, 1.54) is 0 Å². The lowest BCUT2D eigenvalue weighted by Gasteiger charge is -2.19. The second-order valence-corrected chi connectivity index (χ2v) is 5.69. The molecule has 0 unspecified atom stereocenters. The summed E-state index contributed by atoms with van der Waals surface area (Å²) in [5.41, 5.74) is 0. The Morgan fingerprint density at radius 1 is 1.25 bits per heavy atom. The lowest BCUT2D eigenvalue weighted by atomic mass is 11.0. The zero-order valence-corrected chi connectivity index (χ0v) is 7.02. The van der Waals surface area contributed by atoms with Crippen molar-refractivity contribution in [3.8, 4) is 0 Å². The molecule has 2 nitrogen and oxygen atoms in total. The van der Waals surface area contributed by atoms with Gasteiger partial charge < -0.3 is 8.85 Å². The molecule has 50 valence electrons. The van der Waals surface area contributed by atoms with Crippen LogP contribution in [0.25, 0.3) is 0 Å². The smallest absolute Gasteiger partial charge is 0.334 e. The molecule has 0 heterocycles. The summed E-state index contributed by atoms with van der Waals surface area (Å²) in [6, 6.07) is 1.01. The van der Waals surface area contributed by atoms with Crippen LogP contribution in [0.1, 0.15) is 6.92 Å². The minimum Gasteiger partial charge on any atom is -0.398 e. The van der Waals surface area contributed by atoms with Gasteiger partial charge in [0.15, 0.2) is 0 Å². The number of hydrogen-bond acceptors (Lipinski definition) is 2. The normalized spacial score (nSPS) is 12.0. The summed E-state index contributed by atoms with van der Waals surface area (Å²) in [5, 5.41) is 0. The van der Waals surface area contributed by atoms with Gasteiger partial charge in [-0.25, -0.2) is 0 Å². The lowest BCUT2D eigenvalue weighted by molar-refractivity contribution is 0.251. The van der Waals surface area contributed by atoms with Crippen LogP contribution in [0.15, 0.2) is 0 Å². The predicted octanol–water partition coefficient (Wildman–Crippen LogP) is 1.37. The molecule has 0 N–H and O–H groups in total. The SMILES string of the molecule is CC[Si](C)(OC)OC. The van der Waals surface area contributed by atoms with Crippen molar-refractivity contribution in [1.82, 2.24) is 0 Å². The Bertz CT molecular complexity index is 53.2. The Kier molecular flexibility index (Phi) is 3.27. The van der Waals surface area contributed by atoms with Crippen LogP contribution < -0.4 is 0 Å². The van der Waals surface area contributed by atoms with Gasteiger partial charge in [0.05, 0.1) is 0 Å². The van der Waals surface area contributed by atoms with Crippen molar-refractivity contribution in [3.05, 3.63) is 0 Å². The zero-order chi connectivity index (χ0) is 6.62. The third-order valence-corrected chi connectivity index (χ3v) is 4.52. The second kappa shape index (κ2) is 3.22. The summed E-state index contributed by atoms with van der Waals surface area (Å²) >= 11 is 0. The average Bonchev–Trinajstić information content (AvgIpc) is 1.87. The van der Waals surface area contributed by atoms with E-state index in [1.807, 2.05) is 6.55 Å². The molecule has 0 rings (SSSR count). The fraction of sp³-hybridized carbons (Fsp3) is 1.00. The first-order chi connectivity index (χ1) is 3.68. The van der Waals surface area contributed by atoms with E-state index in [9.17, 15) is 0 Å². The maximum atomic E-state index is 5.15. The molecule has 0 aromatic rings. The van der Waals surface area contributed by atoms with Crippen LogP contribution in [0.3, 0.4) is 0 Å². The zero-order valence-electron chi connectivity index (χ0n) is 6.02. The van der Waals surface area contributed by atoms with E-state index < -0.39 is 8.56 Å². The molecule has 0 atom stereocenters. The van der Waals surface area contributed by atoms with Gasteiger partial charge in [-0.1, -0.05) is 6.92 Å². The molecule has 0 aromatic heterocycles. The van der Waals surface area contributed by atoms with E-state index in [0.29, 0.717) is 0 Å². The van der Waals surface area contributed by atoms with Crippen LogP contribution in [0.2, 0.25) is 12.6 Å². The van der Waals surface area contributed by atoms with Crippen LogP contribution in [0, 0.1) is 0 Å². The molecule has 0 radical (unpaired) electrons. The summed E-state index contributed by atoms with van der Waals surface area (Å²) in [5.74, 6) is 0. The van der Waals surface area contributed by atoms with Crippen LogP contribution in [-0.2, 0) is 8.85 Å². The number of hydrogen-bond donors (Lipinski definition) is 0. The highest BCUT2D eigenvalue weighted by Gasteiger charge is 2.24. The predicted molar refractivity (Wildman–Crippen MR) is 36.1 cm³/mol. The molecule has 0 aliphatic rings. The Balaban J connectivity index is 3.58. The molecule has 0 aromatic carbocycles. The molecule has 0 bridgehead atoms. The van der Waals surface area contributed by atoms with E-state index in [4.69, 9.17) is 8.85 Å². The van der Waals surface area contributed by atoms with Gasteiger partial charge in [0, 0.05) is 14.2 Å². The van der Waals surface area contributed by atoms with Crippen LogP contribution in [-0.4, -0.2) is 22.8 Å². The quantitative estimate of drug-likeness (QED) is 0.543. The highest BCUT2D eigenvalue weighted by molar-refractivity contribution is 6.65. The van der Waals surface area contributed by atoms with Crippen molar-refractivity contribution in [2.45, 2.75) is 19.5 Å². The summed E-state index contributed by atoms with van der Waals surface area (Å²) in [6.07, 6.45) is 0. The summed E-state index contributed by atoms with van der Waals surface area (Å²) in [6.45, 7) is 4.13. The topological polar surface area (TPSA) is 18.5 Å². The molecule has 0 spiro atoms. The van der Waals surface area contributed by atoms with E-state index >= 15 is 0 Å². The fourth-order valence-electron chi connectivity index (χ4n) is 0.372. The number of rotatable bonds is 3. The van der Waals surface area contributed by atoms with Gasteiger partial charge in [0.2, 0.25) is 0 Å². The summed E-state index contributed by atoms with van der Waals surface area (Å²) in [7, 11) is 1.74. The molecule has 3 heteroatoms. The third kappa shape index (κ3) is 1.94. The van der Waals surface area contributed by atoms with Gasteiger partial charge in [-0.05, 0) is 12.6 Å². The van der Waals surface area contributed by atoms with Gasteiger partial charge >= 0.3 is 8.56 Å². The Labute approximate surface area is 52.1 Å². The first kappa shape index (κ1) is 8.14. The van der Waals surface area contributed by atoms with Crippen LogP contribution >= 0.6 is 0 Å². The largest absolute Gasteiger partial charge is 0.398 e. The van der Waals surface area contributed by atoms with Crippen LogP contribution in [0.5, 0.6) is 0 Å². The molecule has 0 saturated heterocycles. The van der Waals surface area contributed by atoms with Crippen molar-refractivity contribution in [1.29, 1.82) is 0 Å². The third-order valence-electron chi connectivity index (χ3n) is 1.51. The molecule has 0 aliphatic carbocycles. The molecule has 8 heavy (non-hydrogen) atoms. The van der Waals surface area contributed by atoms with E-state index in [1.54, 1.807) is 14.2 Å².